The average Bonchev–Trinajstić information content (AvgIpc) is 2.21. The van der Waals surface area contributed by atoms with Gasteiger partial charge in [0.15, 0.2) is 0 Å². The van der Waals surface area contributed by atoms with Gasteiger partial charge in [-0.2, -0.15) is 0 Å². The second-order valence-corrected chi connectivity index (χ2v) is 4.53. The van der Waals surface area contributed by atoms with Crippen LogP contribution in [0.4, 0.5) is 11.5 Å². The van der Waals surface area contributed by atoms with Gasteiger partial charge in [0.1, 0.15) is 5.82 Å². The molecule has 1 aromatic heterocycles. The summed E-state index contributed by atoms with van der Waals surface area (Å²) in [5, 5.41) is 6.85. The first-order valence-electron chi connectivity index (χ1n) is 5.07. The van der Waals surface area contributed by atoms with Gasteiger partial charge in [-0.3, -0.25) is 0 Å². The van der Waals surface area contributed by atoms with Crippen LogP contribution < -0.4 is 10.6 Å². The van der Waals surface area contributed by atoms with Crippen molar-refractivity contribution in [1.82, 2.24) is 4.98 Å². The number of hydrogen-bond donors (Lipinski definition) is 2. The van der Waals surface area contributed by atoms with E-state index in [1.165, 1.54) is 0 Å². The minimum Gasteiger partial charge on any atom is -0.382 e. The van der Waals surface area contributed by atoms with Crippen LogP contribution in [-0.2, 0) is 0 Å². The van der Waals surface area contributed by atoms with Crippen LogP contribution in [-0.4, -0.2) is 17.1 Å². The highest BCUT2D eigenvalue weighted by Gasteiger charge is 2.22. The van der Waals surface area contributed by atoms with Crippen molar-refractivity contribution in [2.75, 3.05) is 17.2 Å². The van der Waals surface area contributed by atoms with Crippen molar-refractivity contribution in [1.29, 1.82) is 0 Å². The number of pyridine rings is 1. The Morgan fingerprint density at radius 2 is 2.14 bits per heavy atom. The third-order valence-electron chi connectivity index (χ3n) is 2.56. The van der Waals surface area contributed by atoms with E-state index in [1.807, 2.05) is 13.0 Å². The molecule has 3 nitrogen and oxygen atoms in total. The molecule has 0 aromatic carbocycles. The van der Waals surface area contributed by atoms with Gasteiger partial charge in [0, 0.05) is 17.8 Å². The van der Waals surface area contributed by atoms with E-state index in [1.54, 1.807) is 0 Å². The minimum absolute atomic E-state index is 0.124. The summed E-state index contributed by atoms with van der Waals surface area (Å²) in [6.45, 7) is 7.42. The van der Waals surface area contributed by atoms with Crippen molar-refractivity contribution < 1.29 is 0 Å². The Balaban J connectivity index is 2.38. The Morgan fingerprint density at radius 3 is 2.93 bits per heavy atom. The maximum absolute atomic E-state index is 4.50. The quantitative estimate of drug-likeness (QED) is 0.661. The molecule has 76 valence electrons. The fraction of sp³-hybridized carbons (Fsp3) is 0.545. The summed E-state index contributed by atoms with van der Waals surface area (Å²) in [5.74, 6) is 0.979. The van der Waals surface area contributed by atoms with Crippen LogP contribution in [0.15, 0.2) is 12.1 Å². The maximum atomic E-state index is 4.50. The Hall–Kier alpha value is -1.25. The zero-order chi connectivity index (χ0) is 10.2. The topological polar surface area (TPSA) is 37.0 Å². The summed E-state index contributed by atoms with van der Waals surface area (Å²) in [5.41, 5.74) is 2.29. The number of aromatic nitrogens is 1. The molecule has 0 atom stereocenters. The number of nitrogens with one attached hydrogen (secondary N) is 2. The van der Waals surface area contributed by atoms with Crippen molar-refractivity contribution >= 4 is 11.5 Å². The lowest BCUT2D eigenvalue weighted by molar-refractivity contribution is 0.539. The van der Waals surface area contributed by atoms with Gasteiger partial charge in [0.05, 0.1) is 5.69 Å². The SMILES string of the molecule is Cc1ccc2c(n1)NC(C)(C)CCN2. The number of anilines is 2. The molecule has 0 spiro atoms. The van der Waals surface area contributed by atoms with Gasteiger partial charge in [-0.1, -0.05) is 0 Å². The van der Waals surface area contributed by atoms with Crippen LogP contribution in [0.5, 0.6) is 0 Å². The van der Waals surface area contributed by atoms with E-state index < -0.39 is 0 Å². The second-order valence-electron chi connectivity index (χ2n) is 4.53. The number of rotatable bonds is 0. The van der Waals surface area contributed by atoms with E-state index in [0.717, 1.165) is 30.2 Å². The van der Waals surface area contributed by atoms with Crippen molar-refractivity contribution in [2.45, 2.75) is 32.7 Å². The molecule has 0 fully saturated rings. The molecular formula is C11H17N3. The summed E-state index contributed by atoms with van der Waals surface area (Å²) < 4.78 is 0. The monoisotopic (exact) mass is 191 g/mol. The fourth-order valence-corrected chi connectivity index (χ4v) is 1.69. The van der Waals surface area contributed by atoms with Crippen LogP contribution in [0.1, 0.15) is 26.0 Å². The van der Waals surface area contributed by atoms with E-state index in [4.69, 9.17) is 0 Å². The lowest BCUT2D eigenvalue weighted by atomic mass is 10.0. The average molecular weight is 191 g/mol. The van der Waals surface area contributed by atoms with Crippen LogP contribution >= 0.6 is 0 Å². The third-order valence-corrected chi connectivity index (χ3v) is 2.56. The van der Waals surface area contributed by atoms with Crippen LogP contribution in [0.3, 0.4) is 0 Å². The van der Waals surface area contributed by atoms with Crippen molar-refractivity contribution in [2.24, 2.45) is 0 Å². The number of aryl methyl sites for hydroxylation is 1. The standard InChI is InChI=1S/C11H17N3/c1-8-4-5-9-10(13-8)14-11(2,3)6-7-12-9/h4-5,12H,6-7H2,1-3H3,(H,13,14). The van der Waals surface area contributed by atoms with Gasteiger partial charge < -0.3 is 10.6 Å². The van der Waals surface area contributed by atoms with E-state index in [-0.39, 0.29) is 5.54 Å². The molecule has 1 aliphatic heterocycles. The maximum Gasteiger partial charge on any atom is 0.150 e. The van der Waals surface area contributed by atoms with Crippen LogP contribution in [0.2, 0.25) is 0 Å². The zero-order valence-electron chi connectivity index (χ0n) is 9.02. The molecule has 1 aliphatic rings. The summed E-state index contributed by atoms with van der Waals surface area (Å²) in [6.07, 6.45) is 1.10. The second kappa shape index (κ2) is 3.15. The van der Waals surface area contributed by atoms with Crippen LogP contribution in [0.25, 0.3) is 0 Å². The number of fused-ring (bicyclic) bond motifs is 1. The van der Waals surface area contributed by atoms with Gasteiger partial charge in [-0.05, 0) is 39.3 Å². The Kier molecular flexibility index (Phi) is 2.10. The van der Waals surface area contributed by atoms with E-state index in [9.17, 15) is 0 Å². The Labute approximate surface area is 84.9 Å². The van der Waals surface area contributed by atoms with Crippen molar-refractivity contribution in [3.05, 3.63) is 17.8 Å². The molecule has 0 saturated heterocycles. The third kappa shape index (κ3) is 1.81. The molecule has 0 unspecified atom stereocenters. The normalized spacial score (nSPS) is 18.8. The summed E-state index contributed by atoms with van der Waals surface area (Å²) in [4.78, 5) is 4.50. The van der Waals surface area contributed by atoms with Gasteiger partial charge in [0.25, 0.3) is 0 Å². The molecule has 0 bridgehead atoms. The lowest BCUT2D eigenvalue weighted by Gasteiger charge is -2.24. The predicted molar refractivity (Wildman–Crippen MR) is 59.8 cm³/mol. The molecule has 14 heavy (non-hydrogen) atoms. The van der Waals surface area contributed by atoms with Gasteiger partial charge >= 0.3 is 0 Å². The van der Waals surface area contributed by atoms with Crippen LogP contribution in [0, 0.1) is 6.92 Å². The van der Waals surface area contributed by atoms with Gasteiger partial charge in [0.2, 0.25) is 0 Å². The highest BCUT2D eigenvalue weighted by molar-refractivity contribution is 5.66. The first-order chi connectivity index (χ1) is 6.57. The first-order valence-corrected chi connectivity index (χ1v) is 5.07. The predicted octanol–water partition coefficient (Wildman–Crippen LogP) is 2.40. The van der Waals surface area contributed by atoms with E-state index in [2.05, 4.69) is 35.5 Å². The molecule has 0 radical (unpaired) electrons. The zero-order valence-corrected chi connectivity index (χ0v) is 9.02. The van der Waals surface area contributed by atoms with Crippen molar-refractivity contribution in [3.63, 3.8) is 0 Å². The molecule has 0 amide bonds. The molecule has 0 aliphatic carbocycles. The lowest BCUT2D eigenvalue weighted by Crippen LogP contribution is -2.31. The minimum atomic E-state index is 0.124. The van der Waals surface area contributed by atoms with E-state index in [0.29, 0.717) is 0 Å². The summed E-state index contributed by atoms with van der Waals surface area (Å²) >= 11 is 0. The highest BCUT2D eigenvalue weighted by atomic mass is 15.1. The molecule has 2 N–H and O–H groups in total. The molecule has 2 rings (SSSR count). The number of hydrogen-bond acceptors (Lipinski definition) is 3. The Bertz CT molecular complexity index is 344. The number of nitrogens with zero attached hydrogens (tertiary/aromatic N) is 1. The molecular weight excluding hydrogens is 174 g/mol. The smallest absolute Gasteiger partial charge is 0.150 e. The largest absolute Gasteiger partial charge is 0.382 e. The molecule has 3 heteroatoms. The molecule has 1 aromatic rings. The van der Waals surface area contributed by atoms with Crippen molar-refractivity contribution in [3.8, 4) is 0 Å². The van der Waals surface area contributed by atoms with E-state index >= 15 is 0 Å². The first kappa shape index (κ1) is 9.31. The molecule has 2 heterocycles. The van der Waals surface area contributed by atoms with Gasteiger partial charge in [-0.15, -0.1) is 0 Å². The fourth-order valence-electron chi connectivity index (χ4n) is 1.69. The molecule has 0 saturated carbocycles. The van der Waals surface area contributed by atoms with Gasteiger partial charge in [-0.25, -0.2) is 4.98 Å². The summed E-state index contributed by atoms with van der Waals surface area (Å²) in [6, 6.07) is 4.12. The highest BCUT2D eigenvalue weighted by Crippen LogP contribution is 2.27. The Morgan fingerprint density at radius 1 is 1.36 bits per heavy atom. The summed E-state index contributed by atoms with van der Waals surface area (Å²) in [7, 11) is 0.